The zero-order valence-corrected chi connectivity index (χ0v) is 14.0. The summed E-state index contributed by atoms with van der Waals surface area (Å²) in [5, 5.41) is 8.16. The van der Waals surface area contributed by atoms with Crippen LogP contribution in [0.2, 0.25) is 0 Å². The summed E-state index contributed by atoms with van der Waals surface area (Å²) in [6, 6.07) is 4.07. The highest BCUT2D eigenvalue weighted by Gasteiger charge is 2.21. The molecule has 2 aromatic rings. The van der Waals surface area contributed by atoms with Crippen LogP contribution >= 0.6 is 0 Å². The lowest BCUT2D eigenvalue weighted by molar-refractivity contribution is 0.173. The third-order valence-corrected chi connectivity index (χ3v) is 4.48. The van der Waals surface area contributed by atoms with Gasteiger partial charge in [0.15, 0.2) is 0 Å². The lowest BCUT2D eigenvalue weighted by Gasteiger charge is -2.31. The van der Waals surface area contributed by atoms with E-state index in [2.05, 4.69) is 26.1 Å². The van der Waals surface area contributed by atoms with Gasteiger partial charge in [-0.15, -0.1) is 10.2 Å². The van der Waals surface area contributed by atoms with Crippen molar-refractivity contribution in [2.75, 3.05) is 19.7 Å². The summed E-state index contributed by atoms with van der Waals surface area (Å²) >= 11 is 0. The molecule has 0 saturated carbocycles. The number of hydrogen-bond donors (Lipinski definition) is 0. The molecule has 0 spiro atoms. The zero-order valence-electron chi connectivity index (χ0n) is 14.0. The highest BCUT2D eigenvalue weighted by molar-refractivity contribution is 5.19. The van der Waals surface area contributed by atoms with Gasteiger partial charge in [-0.2, -0.15) is 0 Å². The minimum Gasteiger partial charge on any atom is -0.492 e. The predicted octanol–water partition coefficient (Wildman–Crippen LogP) is 2.06. The molecule has 0 aromatic carbocycles. The quantitative estimate of drug-likeness (QED) is 0.817. The first-order valence-corrected chi connectivity index (χ1v) is 8.37. The molecule has 1 aliphatic rings. The number of nitrogens with zero attached hydrogens (tertiary/aromatic N) is 5. The van der Waals surface area contributed by atoms with E-state index in [1.807, 2.05) is 30.8 Å². The first kappa shape index (κ1) is 15.9. The van der Waals surface area contributed by atoms with E-state index >= 15 is 0 Å². The van der Waals surface area contributed by atoms with E-state index in [0.717, 1.165) is 43.3 Å². The summed E-state index contributed by atoms with van der Waals surface area (Å²) in [6.07, 6.45) is 7.06. The van der Waals surface area contributed by atoms with Crippen LogP contribution in [0.3, 0.4) is 0 Å². The van der Waals surface area contributed by atoms with Crippen molar-refractivity contribution in [3.8, 4) is 5.75 Å². The van der Waals surface area contributed by atoms with Gasteiger partial charge >= 0.3 is 0 Å². The first-order valence-electron chi connectivity index (χ1n) is 8.37. The SMILES string of the molecule is CCOc1ccc(CN2CCC(Cc3nncn3C)CC2)nc1. The van der Waals surface area contributed by atoms with Crippen molar-refractivity contribution < 1.29 is 4.74 Å². The summed E-state index contributed by atoms with van der Waals surface area (Å²) in [7, 11) is 2.02. The van der Waals surface area contributed by atoms with E-state index in [0.29, 0.717) is 12.5 Å². The molecule has 0 radical (unpaired) electrons. The van der Waals surface area contributed by atoms with Crippen LogP contribution < -0.4 is 4.74 Å². The molecule has 2 aromatic heterocycles. The minimum absolute atomic E-state index is 0.681. The predicted molar refractivity (Wildman–Crippen MR) is 88.1 cm³/mol. The molecule has 1 aliphatic heterocycles. The zero-order chi connectivity index (χ0) is 16.1. The topological polar surface area (TPSA) is 56.1 Å². The third kappa shape index (κ3) is 4.28. The van der Waals surface area contributed by atoms with Gasteiger partial charge in [0.25, 0.3) is 0 Å². The van der Waals surface area contributed by atoms with Crippen molar-refractivity contribution in [3.05, 3.63) is 36.2 Å². The molecular weight excluding hydrogens is 290 g/mol. The van der Waals surface area contributed by atoms with Gasteiger partial charge in [0.2, 0.25) is 0 Å². The summed E-state index contributed by atoms with van der Waals surface area (Å²) < 4.78 is 7.46. The standard InChI is InChI=1S/C17H25N5O/c1-3-23-16-5-4-15(18-11-16)12-22-8-6-14(7-9-22)10-17-20-19-13-21(17)2/h4-5,11,13-14H,3,6-10,12H2,1-2H3. The van der Waals surface area contributed by atoms with Crippen molar-refractivity contribution >= 4 is 0 Å². The molecule has 124 valence electrons. The number of rotatable bonds is 6. The Morgan fingerprint density at radius 2 is 2.09 bits per heavy atom. The molecular formula is C17H25N5O. The molecule has 0 atom stereocenters. The Balaban J connectivity index is 1.46. The van der Waals surface area contributed by atoms with Crippen LogP contribution in [0.1, 0.15) is 31.3 Å². The Kier molecular flexibility index (Phi) is 5.23. The maximum Gasteiger partial charge on any atom is 0.137 e. The maximum absolute atomic E-state index is 5.44. The fraction of sp³-hybridized carbons (Fsp3) is 0.588. The average molecular weight is 315 g/mol. The van der Waals surface area contributed by atoms with Crippen LogP contribution in [0.25, 0.3) is 0 Å². The normalized spacial score (nSPS) is 16.6. The van der Waals surface area contributed by atoms with E-state index in [-0.39, 0.29) is 0 Å². The molecule has 3 rings (SSSR count). The fourth-order valence-electron chi connectivity index (χ4n) is 3.08. The highest BCUT2D eigenvalue weighted by Crippen LogP contribution is 2.22. The van der Waals surface area contributed by atoms with Crippen LogP contribution in [0.4, 0.5) is 0 Å². The van der Waals surface area contributed by atoms with Crippen LogP contribution in [0.15, 0.2) is 24.7 Å². The van der Waals surface area contributed by atoms with Crippen molar-refractivity contribution in [3.63, 3.8) is 0 Å². The van der Waals surface area contributed by atoms with E-state index in [9.17, 15) is 0 Å². The number of aromatic nitrogens is 4. The van der Waals surface area contributed by atoms with E-state index in [4.69, 9.17) is 4.74 Å². The number of pyridine rings is 1. The molecule has 0 amide bonds. The first-order chi connectivity index (χ1) is 11.2. The number of ether oxygens (including phenoxy) is 1. The Bertz CT molecular complexity index is 602. The lowest BCUT2D eigenvalue weighted by Crippen LogP contribution is -2.34. The van der Waals surface area contributed by atoms with Crippen molar-refractivity contribution in [1.29, 1.82) is 0 Å². The van der Waals surface area contributed by atoms with Crippen LogP contribution in [-0.4, -0.2) is 44.3 Å². The van der Waals surface area contributed by atoms with Gasteiger partial charge in [-0.05, 0) is 50.9 Å². The summed E-state index contributed by atoms with van der Waals surface area (Å²) in [5.74, 6) is 2.65. The molecule has 0 N–H and O–H groups in total. The summed E-state index contributed by atoms with van der Waals surface area (Å²) in [4.78, 5) is 6.98. The maximum atomic E-state index is 5.44. The van der Waals surface area contributed by atoms with Crippen molar-refractivity contribution in [1.82, 2.24) is 24.6 Å². The molecule has 1 fully saturated rings. The minimum atomic E-state index is 0.681. The molecule has 0 bridgehead atoms. The van der Waals surface area contributed by atoms with Gasteiger partial charge in [-0.3, -0.25) is 9.88 Å². The molecule has 3 heterocycles. The second-order valence-corrected chi connectivity index (χ2v) is 6.20. The van der Waals surface area contributed by atoms with Crippen molar-refractivity contribution in [2.45, 2.75) is 32.7 Å². The fourth-order valence-corrected chi connectivity index (χ4v) is 3.08. The molecule has 0 unspecified atom stereocenters. The molecule has 1 saturated heterocycles. The van der Waals surface area contributed by atoms with E-state index in [1.165, 1.54) is 12.8 Å². The monoisotopic (exact) mass is 315 g/mol. The number of likely N-dealkylation sites (tertiary alicyclic amines) is 1. The number of hydrogen-bond acceptors (Lipinski definition) is 5. The van der Waals surface area contributed by atoms with Gasteiger partial charge in [-0.1, -0.05) is 0 Å². The summed E-state index contributed by atoms with van der Waals surface area (Å²) in [5.41, 5.74) is 1.11. The van der Waals surface area contributed by atoms with Crippen molar-refractivity contribution in [2.24, 2.45) is 13.0 Å². The molecule has 6 heteroatoms. The van der Waals surface area contributed by atoms with E-state index in [1.54, 1.807) is 6.33 Å². The average Bonchev–Trinajstić information content (AvgIpc) is 2.96. The molecule has 0 aliphatic carbocycles. The van der Waals surface area contributed by atoms with Gasteiger partial charge < -0.3 is 9.30 Å². The highest BCUT2D eigenvalue weighted by atomic mass is 16.5. The Hall–Kier alpha value is -1.95. The van der Waals surface area contributed by atoms with Crippen LogP contribution in [0.5, 0.6) is 5.75 Å². The van der Waals surface area contributed by atoms with Crippen LogP contribution in [0, 0.1) is 5.92 Å². The van der Waals surface area contributed by atoms with Gasteiger partial charge in [0.05, 0.1) is 18.5 Å². The third-order valence-electron chi connectivity index (χ3n) is 4.48. The Labute approximate surface area is 137 Å². The van der Waals surface area contributed by atoms with E-state index < -0.39 is 0 Å². The smallest absolute Gasteiger partial charge is 0.137 e. The van der Waals surface area contributed by atoms with Gasteiger partial charge in [0, 0.05) is 20.0 Å². The molecule has 23 heavy (non-hydrogen) atoms. The van der Waals surface area contributed by atoms with Gasteiger partial charge in [0.1, 0.15) is 17.9 Å². The Morgan fingerprint density at radius 3 is 2.70 bits per heavy atom. The molecule has 6 nitrogen and oxygen atoms in total. The lowest BCUT2D eigenvalue weighted by atomic mass is 9.93. The summed E-state index contributed by atoms with van der Waals surface area (Å²) in [6.45, 7) is 5.83. The Morgan fingerprint density at radius 1 is 1.26 bits per heavy atom. The largest absolute Gasteiger partial charge is 0.492 e. The second-order valence-electron chi connectivity index (χ2n) is 6.20. The number of aryl methyl sites for hydroxylation is 1. The second kappa shape index (κ2) is 7.55. The number of piperidine rings is 1. The van der Waals surface area contributed by atoms with Gasteiger partial charge in [-0.25, -0.2) is 0 Å². The van der Waals surface area contributed by atoms with Crippen LogP contribution in [-0.2, 0) is 20.0 Å².